The van der Waals surface area contributed by atoms with Gasteiger partial charge in [0.1, 0.15) is 0 Å². The molecule has 0 unspecified atom stereocenters. The van der Waals surface area contributed by atoms with Crippen molar-refractivity contribution in [1.82, 2.24) is 5.32 Å². The van der Waals surface area contributed by atoms with E-state index in [4.69, 9.17) is 0 Å². The van der Waals surface area contributed by atoms with E-state index in [-0.39, 0.29) is 0 Å². The quantitative estimate of drug-likeness (QED) is 0.693. The minimum absolute atomic E-state index is 1.02. The highest BCUT2D eigenvalue weighted by Gasteiger charge is 1.92. The molecular formula is C12H15N. The topological polar surface area (TPSA) is 12.0 Å². The van der Waals surface area contributed by atoms with Gasteiger partial charge >= 0.3 is 0 Å². The van der Waals surface area contributed by atoms with E-state index in [9.17, 15) is 0 Å². The third-order valence-corrected chi connectivity index (χ3v) is 1.87. The average molecular weight is 173 g/mol. The molecule has 0 aliphatic rings. The summed E-state index contributed by atoms with van der Waals surface area (Å²) in [6.07, 6.45) is 3.84. The van der Waals surface area contributed by atoms with Gasteiger partial charge in [-0.1, -0.05) is 36.4 Å². The van der Waals surface area contributed by atoms with Gasteiger partial charge < -0.3 is 5.32 Å². The summed E-state index contributed by atoms with van der Waals surface area (Å²) in [5, 5.41) is 2.94. The van der Waals surface area contributed by atoms with Crippen LogP contribution in [0.3, 0.4) is 0 Å². The molecule has 0 aliphatic heterocycles. The molecule has 0 radical (unpaired) electrons. The van der Waals surface area contributed by atoms with Crippen LogP contribution in [0.1, 0.15) is 11.1 Å². The monoisotopic (exact) mass is 173 g/mol. The summed E-state index contributed by atoms with van der Waals surface area (Å²) in [6, 6.07) is 8.34. The summed E-state index contributed by atoms with van der Waals surface area (Å²) in [5.41, 5.74) is 3.46. The lowest BCUT2D eigenvalue weighted by Gasteiger charge is -2.00. The predicted octanol–water partition coefficient (Wildman–Crippen LogP) is 2.74. The van der Waals surface area contributed by atoms with Crippen molar-refractivity contribution in [1.29, 1.82) is 0 Å². The molecule has 0 aliphatic carbocycles. The third kappa shape index (κ3) is 2.79. The Balaban J connectivity index is 2.78. The van der Waals surface area contributed by atoms with Gasteiger partial charge in [0.05, 0.1) is 0 Å². The lowest BCUT2D eigenvalue weighted by molar-refractivity contribution is 1.10. The second-order valence-electron chi connectivity index (χ2n) is 3.01. The number of benzene rings is 1. The maximum Gasteiger partial charge on any atom is 0.00277 e. The van der Waals surface area contributed by atoms with Crippen molar-refractivity contribution in [2.45, 2.75) is 6.92 Å². The summed E-state index contributed by atoms with van der Waals surface area (Å²) in [7, 11) is 1.87. The zero-order valence-corrected chi connectivity index (χ0v) is 8.17. The minimum atomic E-state index is 1.02. The second kappa shape index (κ2) is 4.51. The predicted molar refractivity (Wildman–Crippen MR) is 58.4 cm³/mol. The summed E-state index contributed by atoms with van der Waals surface area (Å²) in [6.45, 7) is 6.04. The van der Waals surface area contributed by atoms with E-state index in [0.717, 1.165) is 11.1 Å². The molecule has 0 atom stereocenters. The molecule has 0 amide bonds. The summed E-state index contributed by atoms with van der Waals surface area (Å²) in [5.74, 6) is 0. The van der Waals surface area contributed by atoms with Gasteiger partial charge in [-0.2, -0.15) is 0 Å². The van der Waals surface area contributed by atoms with Gasteiger partial charge in [-0.15, -0.1) is 0 Å². The van der Waals surface area contributed by atoms with E-state index in [1.807, 2.05) is 19.3 Å². The van der Waals surface area contributed by atoms with E-state index in [2.05, 4.69) is 43.1 Å². The van der Waals surface area contributed by atoms with Crippen molar-refractivity contribution >= 4 is 5.57 Å². The fourth-order valence-corrected chi connectivity index (χ4v) is 1.05. The van der Waals surface area contributed by atoms with Gasteiger partial charge in [0.15, 0.2) is 0 Å². The normalized spacial score (nSPS) is 10.3. The number of hydrogen-bond acceptors (Lipinski definition) is 1. The van der Waals surface area contributed by atoms with Gasteiger partial charge in [-0.25, -0.2) is 0 Å². The van der Waals surface area contributed by atoms with Crippen LogP contribution in [0.25, 0.3) is 5.57 Å². The fourth-order valence-electron chi connectivity index (χ4n) is 1.05. The van der Waals surface area contributed by atoms with Crippen molar-refractivity contribution in [2.24, 2.45) is 0 Å². The van der Waals surface area contributed by atoms with E-state index in [1.165, 1.54) is 5.56 Å². The maximum atomic E-state index is 3.97. The first-order chi connectivity index (χ1) is 6.24. The first-order valence-electron chi connectivity index (χ1n) is 4.34. The van der Waals surface area contributed by atoms with E-state index >= 15 is 0 Å². The van der Waals surface area contributed by atoms with Crippen molar-refractivity contribution in [3.05, 3.63) is 54.2 Å². The minimum Gasteiger partial charge on any atom is -0.394 e. The third-order valence-electron chi connectivity index (χ3n) is 1.87. The van der Waals surface area contributed by atoms with Gasteiger partial charge in [-0.3, -0.25) is 0 Å². The maximum absolute atomic E-state index is 3.97. The molecule has 0 aromatic heterocycles. The van der Waals surface area contributed by atoms with Crippen LogP contribution in [0.15, 0.2) is 43.1 Å². The number of nitrogens with one attached hydrogen (secondary N) is 1. The number of aryl methyl sites for hydroxylation is 1. The van der Waals surface area contributed by atoms with E-state index < -0.39 is 0 Å². The van der Waals surface area contributed by atoms with Crippen molar-refractivity contribution < 1.29 is 0 Å². The molecule has 0 saturated carbocycles. The Labute approximate surface area is 79.8 Å². The van der Waals surface area contributed by atoms with Crippen LogP contribution in [0.4, 0.5) is 0 Å². The standard InChI is InChI=1S/C12H15N/c1-10-4-6-12(7-5-10)11(2)8-9-13-3/h4-9,13H,2H2,1,3H3/b9-8-. The van der Waals surface area contributed by atoms with Crippen molar-refractivity contribution in [3.63, 3.8) is 0 Å². The number of allylic oxidation sites excluding steroid dienone is 2. The molecule has 0 heterocycles. The molecule has 0 spiro atoms. The molecule has 68 valence electrons. The summed E-state index contributed by atoms with van der Waals surface area (Å²) < 4.78 is 0. The Morgan fingerprint density at radius 3 is 2.46 bits per heavy atom. The molecular weight excluding hydrogens is 158 g/mol. The SMILES string of the molecule is C=C(/C=C\NC)c1ccc(C)cc1. The highest BCUT2D eigenvalue weighted by molar-refractivity contribution is 5.71. The van der Waals surface area contributed by atoms with Crippen LogP contribution in [-0.4, -0.2) is 7.05 Å². The first kappa shape index (κ1) is 9.59. The van der Waals surface area contributed by atoms with Crippen LogP contribution < -0.4 is 5.32 Å². The molecule has 13 heavy (non-hydrogen) atoms. The molecule has 0 saturated heterocycles. The molecule has 1 heteroatoms. The first-order valence-corrected chi connectivity index (χ1v) is 4.34. The summed E-state index contributed by atoms with van der Waals surface area (Å²) >= 11 is 0. The number of rotatable bonds is 3. The lowest BCUT2D eigenvalue weighted by Crippen LogP contribution is -1.91. The molecule has 1 nitrogen and oxygen atoms in total. The smallest absolute Gasteiger partial charge is 0.00277 e. The lowest BCUT2D eigenvalue weighted by atomic mass is 10.1. The molecule has 1 rings (SSSR count). The highest BCUT2D eigenvalue weighted by atomic mass is 14.8. The van der Waals surface area contributed by atoms with Gasteiger partial charge in [0.25, 0.3) is 0 Å². The Morgan fingerprint density at radius 1 is 1.31 bits per heavy atom. The Kier molecular flexibility index (Phi) is 3.32. The fraction of sp³-hybridized carbons (Fsp3) is 0.167. The zero-order chi connectivity index (χ0) is 9.68. The molecule has 1 aromatic carbocycles. The van der Waals surface area contributed by atoms with Crippen LogP contribution in [0.2, 0.25) is 0 Å². The van der Waals surface area contributed by atoms with E-state index in [0.29, 0.717) is 0 Å². The highest BCUT2D eigenvalue weighted by Crippen LogP contribution is 2.13. The molecule has 1 N–H and O–H groups in total. The molecule has 1 aromatic rings. The Morgan fingerprint density at radius 2 is 1.92 bits per heavy atom. The zero-order valence-electron chi connectivity index (χ0n) is 8.17. The summed E-state index contributed by atoms with van der Waals surface area (Å²) in [4.78, 5) is 0. The van der Waals surface area contributed by atoms with Crippen LogP contribution >= 0.6 is 0 Å². The largest absolute Gasteiger partial charge is 0.394 e. The average Bonchev–Trinajstić information content (AvgIpc) is 2.15. The Bertz CT molecular complexity index is 306. The number of hydrogen-bond donors (Lipinski definition) is 1. The molecule has 0 bridgehead atoms. The molecule has 0 fully saturated rings. The Hall–Kier alpha value is -1.50. The van der Waals surface area contributed by atoms with Crippen LogP contribution in [0, 0.1) is 6.92 Å². The van der Waals surface area contributed by atoms with Crippen LogP contribution in [-0.2, 0) is 0 Å². The van der Waals surface area contributed by atoms with Gasteiger partial charge in [0, 0.05) is 7.05 Å². The van der Waals surface area contributed by atoms with E-state index in [1.54, 1.807) is 0 Å². The van der Waals surface area contributed by atoms with Crippen molar-refractivity contribution in [3.8, 4) is 0 Å². The second-order valence-corrected chi connectivity index (χ2v) is 3.01. The van der Waals surface area contributed by atoms with Crippen LogP contribution in [0.5, 0.6) is 0 Å². The van der Waals surface area contributed by atoms with Gasteiger partial charge in [-0.05, 0) is 30.3 Å². The van der Waals surface area contributed by atoms with Crippen molar-refractivity contribution in [2.75, 3.05) is 7.05 Å². The van der Waals surface area contributed by atoms with Gasteiger partial charge in [0.2, 0.25) is 0 Å².